The molecule has 0 fully saturated rings. The van der Waals surface area contributed by atoms with Crippen LogP contribution in [0.2, 0.25) is 5.15 Å². The summed E-state index contributed by atoms with van der Waals surface area (Å²) in [5.74, 6) is 0.0383. The normalized spacial score (nSPS) is 10.6. The van der Waals surface area contributed by atoms with E-state index in [-0.39, 0.29) is 11.3 Å². The summed E-state index contributed by atoms with van der Waals surface area (Å²) in [4.78, 5) is 15.9. The molecule has 0 saturated heterocycles. The fourth-order valence-corrected chi connectivity index (χ4v) is 2.21. The van der Waals surface area contributed by atoms with E-state index in [9.17, 15) is 9.90 Å². The lowest BCUT2D eigenvalue weighted by molar-refractivity contribution is 0.464. The van der Waals surface area contributed by atoms with Crippen LogP contribution in [-0.4, -0.2) is 14.7 Å². The smallest absolute Gasteiger partial charge is 0.259 e. The van der Waals surface area contributed by atoms with Gasteiger partial charge in [-0.2, -0.15) is 0 Å². The lowest BCUT2D eigenvalue weighted by Crippen LogP contribution is -2.21. The van der Waals surface area contributed by atoms with Gasteiger partial charge in [-0.15, -0.1) is 0 Å². The van der Waals surface area contributed by atoms with Crippen molar-refractivity contribution in [3.63, 3.8) is 0 Å². The monoisotopic (exact) mass is 264 g/mol. The van der Waals surface area contributed by atoms with Crippen molar-refractivity contribution in [3.05, 3.63) is 51.2 Å². The Balaban J connectivity index is 2.76. The van der Waals surface area contributed by atoms with Crippen LogP contribution in [0.4, 0.5) is 0 Å². The zero-order valence-corrected chi connectivity index (χ0v) is 10.9. The van der Waals surface area contributed by atoms with E-state index in [1.165, 1.54) is 10.6 Å². The van der Waals surface area contributed by atoms with E-state index in [4.69, 9.17) is 11.6 Å². The summed E-state index contributed by atoms with van der Waals surface area (Å²) in [7, 11) is 0. The summed E-state index contributed by atoms with van der Waals surface area (Å²) < 4.78 is 1.52. The SMILES string of the molecule is CCc1c(O)cc(=O)n(-c2ccnc(Cl)c2)c1C. The highest BCUT2D eigenvalue weighted by molar-refractivity contribution is 6.29. The maximum absolute atomic E-state index is 12.0. The number of halogens is 1. The molecule has 0 atom stereocenters. The summed E-state index contributed by atoms with van der Waals surface area (Å²) in [5.41, 5.74) is 1.82. The van der Waals surface area contributed by atoms with Crippen molar-refractivity contribution in [1.82, 2.24) is 9.55 Å². The zero-order chi connectivity index (χ0) is 13.3. The van der Waals surface area contributed by atoms with Crippen LogP contribution in [0, 0.1) is 6.92 Å². The molecule has 2 aromatic rings. The summed E-state index contributed by atoms with van der Waals surface area (Å²) >= 11 is 5.83. The van der Waals surface area contributed by atoms with Gasteiger partial charge in [0.1, 0.15) is 10.9 Å². The molecule has 18 heavy (non-hydrogen) atoms. The minimum atomic E-state index is -0.288. The Kier molecular flexibility index (Phi) is 3.39. The van der Waals surface area contributed by atoms with Crippen LogP contribution < -0.4 is 5.56 Å². The van der Waals surface area contributed by atoms with E-state index in [2.05, 4.69) is 4.98 Å². The molecule has 2 heterocycles. The van der Waals surface area contributed by atoms with E-state index in [0.717, 1.165) is 5.56 Å². The van der Waals surface area contributed by atoms with Crippen LogP contribution in [-0.2, 0) is 6.42 Å². The molecule has 2 rings (SSSR count). The van der Waals surface area contributed by atoms with Gasteiger partial charge in [0, 0.05) is 23.5 Å². The predicted molar refractivity (Wildman–Crippen MR) is 70.6 cm³/mol. The first kappa shape index (κ1) is 12.6. The molecule has 0 aromatic carbocycles. The maximum atomic E-state index is 12.0. The Hall–Kier alpha value is -1.81. The summed E-state index contributed by atoms with van der Waals surface area (Å²) in [6.45, 7) is 3.73. The van der Waals surface area contributed by atoms with E-state index < -0.39 is 0 Å². The summed E-state index contributed by atoms with van der Waals surface area (Å²) in [6.07, 6.45) is 2.19. The van der Waals surface area contributed by atoms with Crippen molar-refractivity contribution < 1.29 is 5.11 Å². The van der Waals surface area contributed by atoms with Crippen LogP contribution in [0.25, 0.3) is 5.69 Å². The van der Waals surface area contributed by atoms with Crippen molar-refractivity contribution in [2.45, 2.75) is 20.3 Å². The van der Waals surface area contributed by atoms with Gasteiger partial charge in [-0.25, -0.2) is 4.98 Å². The lowest BCUT2D eigenvalue weighted by Gasteiger charge is -2.14. The van der Waals surface area contributed by atoms with Crippen molar-refractivity contribution in [3.8, 4) is 11.4 Å². The molecular weight excluding hydrogens is 252 g/mol. The maximum Gasteiger partial charge on any atom is 0.259 e. The number of aromatic hydroxyl groups is 1. The van der Waals surface area contributed by atoms with Gasteiger partial charge in [-0.05, 0) is 25.5 Å². The second-order valence-corrected chi connectivity index (χ2v) is 4.34. The molecule has 2 aromatic heterocycles. The molecule has 5 heteroatoms. The molecule has 0 aliphatic heterocycles. The molecule has 0 unspecified atom stereocenters. The van der Waals surface area contributed by atoms with Gasteiger partial charge in [-0.3, -0.25) is 9.36 Å². The highest BCUT2D eigenvalue weighted by Gasteiger charge is 2.12. The Labute approximate surface area is 109 Å². The quantitative estimate of drug-likeness (QED) is 0.848. The van der Waals surface area contributed by atoms with Gasteiger partial charge in [0.2, 0.25) is 0 Å². The molecule has 4 nitrogen and oxygen atoms in total. The van der Waals surface area contributed by atoms with E-state index in [1.807, 2.05) is 6.92 Å². The van der Waals surface area contributed by atoms with Crippen LogP contribution in [0.15, 0.2) is 29.2 Å². The molecule has 1 N–H and O–H groups in total. The number of hydrogen-bond donors (Lipinski definition) is 1. The second kappa shape index (κ2) is 4.82. The molecule has 0 spiro atoms. The first-order chi connectivity index (χ1) is 8.54. The fourth-order valence-electron chi connectivity index (χ4n) is 2.04. The number of pyridine rings is 2. The van der Waals surface area contributed by atoms with E-state index >= 15 is 0 Å². The molecule has 0 aliphatic carbocycles. The van der Waals surface area contributed by atoms with Crippen LogP contribution >= 0.6 is 11.6 Å². The molecule has 0 aliphatic rings. The van der Waals surface area contributed by atoms with Crippen molar-refractivity contribution in [2.75, 3.05) is 0 Å². The number of rotatable bonds is 2. The van der Waals surface area contributed by atoms with Gasteiger partial charge < -0.3 is 5.11 Å². The fraction of sp³-hybridized carbons (Fsp3) is 0.231. The van der Waals surface area contributed by atoms with Crippen LogP contribution in [0.1, 0.15) is 18.2 Å². The number of nitrogens with zero attached hydrogens (tertiary/aromatic N) is 2. The third-order valence-corrected chi connectivity index (χ3v) is 3.09. The van der Waals surface area contributed by atoms with Crippen LogP contribution in [0.5, 0.6) is 5.75 Å². The largest absolute Gasteiger partial charge is 0.507 e. The molecule has 94 valence electrons. The van der Waals surface area contributed by atoms with Gasteiger partial charge in [-0.1, -0.05) is 18.5 Å². The molecule has 0 amide bonds. The third-order valence-electron chi connectivity index (χ3n) is 2.88. The predicted octanol–water partition coefficient (Wildman–Crippen LogP) is 2.46. The van der Waals surface area contributed by atoms with Gasteiger partial charge in [0.25, 0.3) is 5.56 Å². The van der Waals surface area contributed by atoms with Crippen molar-refractivity contribution in [2.24, 2.45) is 0 Å². The average Bonchev–Trinajstić information content (AvgIpc) is 2.28. The van der Waals surface area contributed by atoms with Crippen molar-refractivity contribution in [1.29, 1.82) is 0 Å². The first-order valence-electron chi connectivity index (χ1n) is 5.61. The standard InChI is InChI=1S/C13H13ClN2O2/c1-3-10-8(2)16(13(18)7-11(10)17)9-4-5-15-12(14)6-9/h4-7,17H,3H2,1-2H3. The van der Waals surface area contributed by atoms with Crippen molar-refractivity contribution >= 4 is 11.6 Å². The molecule has 0 radical (unpaired) electrons. The number of hydrogen-bond acceptors (Lipinski definition) is 3. The van der Waals surface area contributed by atoms with Gasteiger partial charge in [0.15, 0.2) is 0 Å². The first-order valence-corrected chi connectivity index (χ1v) is 5.98. The van der Waals surface area contributed by atoms with Gasteiger partial charge in [0.05, 0.1) is 5.69 Å². The van der Waals surface area contributed by atoms with E-state index in [1.54, 1.807) is 25.3 Å². The summed E-state index contributed by atoms with van der Waals surface area (Å²) in [5, 5.41) is 10.1. The minimum absolute atomic E-state index is 0.0383. The zero-order valence-electron chi connectivity index (χ0n) is 10.1. The van der Waals surface area contributed by atoms with Gasteiger partial charge >= 0.3 is 0 Å². The molecule has 0 saturated carbocycles. The van der Waals surface area contributed by atoms with Crippen LogP contribution in [0.3, 0.4) is 0 Å². The lowest BCUT2D eigenvalue weighted by atomic mass is 10.1. The average molecular weight is 265 g/mol. The summed E-state index contributed by atoms with van der Waals surface area (Å²) in [6, 6.07) is 4.55. The second-order valence-electron chi connectivity index (χ2n) is 3.96. The molecule has 0 bridgehead atoms. The Bertz CT molecular complexity index is 650. The Morgan fingerprint density at radius 1 is 1.44 bits per heavy atom. The topological polar surface area (TPSA) is 55.1 Å². The Morgan fingerprint density at radius 2 is 2.17 bits per heavy atom. The third kappa shape index (κ3) is 2.11. The highest BCUT2D eigenvalue weighted by atomic mass is 35.5. The number of aromatic nitrogens is 2. The molecular formula is C13H13ClN2O2. The minimum Gasteiger partial charge on any atom is -0.507 e. The van der Waals surface area contributed by atoms with E-state index in [0.29, 0.717) is 23.0 Å². The highest BCUT2D eigenvalue weighted by Crippen LogP contribution is 2.21. The Morgan fingerprint density at radius 3 is 2.78 bits per heavy atom.